The van der Waals surface area contributed by atoms with E-state index in [0.29, 0.717) is 11.3 Å². The van der Waals surface area contributed by atoms with Crippen LogP contribution in [0.5, 0.6) is 0 Å². The molecule has 130 valence electrons. The minimum Gasteiger partial charge on any atom is -0.478 e. The van der Waals surface area contributed by atoms with Gasteiger partial charge < -0.3 is 15.3 Å². The molecule has 0 fully saturated rings. The summed E-state index contributed by atoms with van der Waals surface area (Å²) >= 11 is 0. The molecule has 0 radical (unpaired) electrons. The third kappa shape index (κ3) is 5.17. The number of benzene rings is 2. The monoisotopic (exact) mass is 340 g/mol. The summed E-state index contributed by atoms with van der Waals surface area (Å²) in [7, 11) is 3.38. The Kier molecular flexibility index (Phi) is 5.89. The van der Waals surface area contributed by atoms with Crippen LogP contribution >= 0.6 is 0 Å². The van der Waals surface area contributed by atoms with Gasteiger partial charge in [0.15, 0.2) is 0 Å². The van der Waals surface area contributed by atoms with Crippen molar-refractivity contribution in [3.63, 3.8) is 0 Å². The largest absolute Gasteiger partial charge is 0.478 e. The highest BCUT2D eigenvalue weighted by Crippen LogP contribution is 2.14. The van der Waals surface area contributed by atoms with Crippen LogP contribution in [0.2, 0.25) is 0 Å². The van der Waals surface area contributed by atoms with E-state index in [2.05, 4.69) is 5.32 Å². The van der Waals surface area contributed by atoms with Gasteiger partial charge in [0.25, 0.3) is 0 Å². The van der Waals surface area contributed by atoms with Gasteiger partial charge in [-0.25, -0.2) is 4.79 Å². The van der Waals surface area contributed by atoms with Crippen LogP contribution in [-0.4, -0.2) is 41.9 Å². The molecule has 0 bridgehead atoms. The second-order valence-electron chi connectivity index (χ2n) is 5.85. The van der Waals surface area contributed by atoms with Crippen molar-refractivity contribution >= 4 is 23.5 Å². The second-order valence-corrected chi connectivity index (χ2v) is 5.85. The fourth-order valence-electron chi connectivity index (χ4n) is 2.35. The molecular weight excluding hydrogens is 320 g/mol. The number of likely N-dealkylation sites (N-methyl/N-ethyl adjacent to an activating group) is 1. The van der Waals surface area contributed by atoms with Crippen molar-refractivity contribution in [2.45, 2.75) is 12.8 Å². The van der Waals surface area contributed by atoms with Crippen molar-refractivity contribution in [2.24, 2.45) is 0 Å². The highest BCUT2D eigenvalue weighted by Gasteiger charge is 2.13. The molecule has 25 heavy (non-hydrogen) atoms. The smallest absolute Gasteiger partial charge is 0.335 e. The van der Waals surface area contributed by atoms with Gasteiger partial charge in [-0.1, -0.05) is 30.3 Å². The molecule has 6 heteroatoms. The number of aromatic carboxylic acids is 1. The minimum atomic E-state index is -1.06. The molecule has 0 saturated carbocycles. The average Bonchev–Trinajstić information content (AvgIpc) is 2.55. The average molecular weight is 340 g/mol. The van der Waals surface area contributed by atoms with Gasteiger partial charge in [0.1, 0.15) is 0 Å². The van der Waals surface area contributed by atoms with Crippen molar-refractivity contribution in [3.8, 4) is 0 Å². The van der Waals surface area contributed by atoms with E-state index in [4.69, 9.17) is 5.11 Å². The molecule has 0 unspecified atom stereocenters. The van der Waals surface area contributed by atoms with Crippen LogP contribution in [0, 0.1) is 0 Å². The first-order chi connectivity index (χ1) is 11.9. The van der Waals surface area contributed by atoms with E-state index in [0.717, 1.165) is 5.56 Å². The van der Waals surface area contributed by atoms with Crippen molar-refractivity contribution in [3.05, 3.63) is 65.2 Å². The fraction of sp³-hybridized carbons (Fsp3) is 0.211. The van der Waals surface area contributed by atoms with Crippen LogP contribution in [0.1, 0.15) is 21.5 Å². The lowest BCUT2D eigenvalue weighted by Crippen LogP contribution is -2.23. The summed E-state index contributed by atoms with van der Waals surface area (Å²) in [5.74, 6) is -1.41. The number of rotatable bonds is 6. The maximum Gasteiger partial charge on any atom is 0.335 e. The molecule has 0 aliphatic heterocycles. The van der Waals surface area contributed by atoms with Gasteiger partial charge >= 0.3 is 5.97 Å². The predicted molar refractivity (Wildman–Crippen MR) is 94.6 cm³/mol. The van der Waals surface area contributed by atoms with Crippen LogP contribution in [0.4, 0.5) is 5.69 Å². The number of anilines is 1. The molecule has 0 aliphatic rings. The lowest BCUT2D eigenvalue weighted by atomic mass is 10.0. The fourth-order valence-corrected chi connectivity index (χ4v) is 2.35. The second kappa shape index (κ2) is 8.10. The number of hydrogen-bond donors (Lipinski definition) is 2. The Labute approximate surface area is 146 Å². The minimum absolute atomic E-state index is 0.0288. The first-order valence-corrected chi connectivity index (χ1v) is 7.77. The molecule has 2 N–H and O–H groups in total. The maximum absolute atomic E-state index is 12.2. The van der Waals surface area contributed by atoms with Gasteiger partial charge in [0, 0.05) is 19.8 Å². The van der Waals surface area contributed by atoms with Crippen LogP contribution in [0.25, 0.3) is 0 Å². The number of carboxylic acids is 1. The third-order valence-corrected chi connectivity index (χ3v) is 3.66. The summed E-state index contributed by atoms with van der Waals surface area (Å²) in [6.07, 6.45) is 0.210. The zero-order valence-electron chi connectivity index (χ0n) is 14.2. The number of carboxylic acid groups (broad SMARTS) is 1. The van der Waals surface area contributed by atoms with E-state index in [9.17, 15) is 14.4 Å². The first-order valence-electron chi connectivity index (χ1n) is 7.77. The summed E-state index contributed by atoms with van der Waals surface area (Å²) in [6.45, 7) is 0. The molecule has 0 heterocycles. The highest BCUT2D eigenvalue weighted by atomic mass is 16.4. The quantitative estimate of drug-likeness (QED) is 0.844. The Morgan fingerprint density at radius 2 is 1.72 bits per heavy atom. The van der Waals surface area contributed by atoms with Crippen molar-refractivity contribution < 1.29 is 19.5 Å². The van der Waals surface area contributed by atoms with Crippen LogP contribution in [0.3, 0.4) is 0 Å². The highest BCUT2D eigenvalue weighted by molar-refractivity contribution is 5.96. The van der Waals surface area contributed by atoms with Gasteiger partial charge in [-0.05, 0) is 29.3 Å². The van der Waals surface area contributed by atoms with Gasteiger partial charge in [0.2, 0.25) is 11.8 Å². The van der Waals surface area contributed by atoms with E-state index in [-0.39, 0.29) is 30.2 Å². The topological polar surface area (TPSA) is 86.7 Å². The number of carbonyl (C=O) groups is 3. The molecule has 0 aliphatic carbocycles. The number of hydrogen-bond acceptors (Lipinski definition) is 3. The van der Waals surface area contributed by atoms with Gasteiger partial charge in [-0.2, -0.15) is 0 Å². The molecule has 2 aromatic carbocycles. The van der Waals surface area contributed by atoms with E-state index in [1.807, 2.05) is 6.07 Å². The summed E-state index contributed by atoms with van der Waals surface area (Å²) in [4.78, 5) is 36.7. The summed E-state index contributed by atoms with van der Waals surface area (Å²) in [6, 6.07) is 13.5. The zero-order valence-corrected chi connectivity index (χ0v) is 14.2. The van der Waals surface area contributed by atoms with E-state index >= 15 is 0 Å². The number of amides is 2. The van der Waals surface area contributed by atoms with Gasteiger partial charge in [0.05, 0.1) is 18.4 Å². The number of nitrogens with one attached hydrogen (secondary N) is 1. The lowest BCUT2D eigenvalue weighted by Gasteiger charge is -2.11. The number of carbonyl (C=O) groups excluding carboxylic acids is 2. The molecule has 0 aromatic heterocycles. The Balaban J connectivity index is 2.06. The Bertz CT molecular complexity index is 800. The molecule has 6 nitrogen and oxygen atoms in total. The third-order valence-electron chi connectivity index (χ3n) is 3.66. The van der Waals surface area contributed by atoms with Crippen LogP contribution in [0.15, 0.2) is 48.5 Å². The van der Waals surface area contributed by atoms with Crippen LogP contribution in [-0.2, 0) is 22.4 Å². The molecule has 0 spiro atoms. The maximum atomic E-state index is 12.2. The van der Waals surface area contributed by atoms with Crippen molar-refractivity contribution in [2.75, 3.05) is 19.4 Å². The van der Waals surface area contributed by atoms with Crippen LogP contribution < -0.4 is 5.32 Å². The molecule has 0 saturated heterocycles. The van der Waals surface area contributed by atoms with E-state index in [1.165, 1.54) is 11.0 Å². The van der Waals surface area contributed by atoms with E-state index < -0.39 is 5.97 Å². The lowest BCUT2D eigenvalue weighted by molar-refractivity contribution is -0.128. The van der Waals surface area contributed by atoms with Gasteiger partial charge in [-0.3, -0.25) is 9.59 Å². The molecule has 2 aromatic rings. The van der Waals surface area contributed by atoms with Gasteiger partial charge in [-0.15, -0.1) is 0 Å². The Morgan fingerprint density at radius 1 is 1.00 bits per heavy atom. The molecular formula is C19H20N2O4. The molecule has 2 amide bonds. The van der Waals surface area contributed by atoms with E-state index in [1.54, 1.807) is 50.5 Å². The summed E-state index contributed by atoms with van der Waals surface area (Å²) in [5, 5.41) is 11.9. The first kappa shape index (κ1) is 18.2. The summed E-state index contributed by atoms with van der Waals surface area (Å²) in [5.41, 5.74) is 1.93. The Morgan fingerprint density at radius 3 is 2.40 bits per heavy atom. The van der Waals surface area contributed by atoms with Crippen molar-refractivity contribution in [1.82, 2.24) is 4.90 Å². The zero-order chi connectivity index (χ0) is 18.4. The SMILES string of the molecule is CN(C)C(=O)Cc1cccc(NC(=O)Cc2ccccc2C(=O)O)c1. The standard InChI is InChI=1S/C19H20N2O4/c1-21(2)18(23)11-13-6-5-8-15(10-13)20-17(22)12-14-7-3-4-9-16(14)19(24)25/h3-10H,11-12H2,1-2H3,(H,20,22)(H,24,25). The Hall–Kier alpha value is -3.15. The van der Waals surface area contributed by atoms with Crippen molar-refractivity contribution in [1.29, 1.82) is 0 Å². The number of nitrogens with zero attached hydrogens (tertiary/aromatic N) is 1. The predicted octanol–water partition coefficient (Wildman–Crippen LogP) is 2.20. The molecule has 0 atom stereocenters. The normalized spacial score (nSPS) is 10.2. The molecule has 2 rings (SSSR count). The summed E-state index contributed by atoms with van der Waals surface area (Å²) < 4.78 is 0.